The maximum atomic E-state index is 12.1. The van der Waals surface area contributed by atoms with E-state index in [1.807, 2.05) is 4.57 Å². The molecule has 5 nitrogen and oxygen atoms in total. The summed E-state index contributed by atoms with van der Waals surface area (Å²) in [6.07, 6.45) is 1.95. The van der Waals surface area contributed by atoms with E-state index in [1.54, 1.807) is 18.2 Å². The van der Waals surface area contributed by atoms with Crippen molar-refractivity contribution in [2.75, 3.05) is 0 Å². The van der Waals surface area contributed by atoms with E-state index in [2.05, 4.69) is 4.74 Å². The van der Waals surface area contributed by atoms with E-state index < -0.39 is 11.6 Å². The topological polar surface area (TPSA) is 68.5 Å². The van der Waals surface area contributed by atoms with E-state index in [1.165, 1.54) is 6.20 Å². The van der Waals surface area contributed by atoms with Crippen molar-refractivity contribution in [3.05, 3.63) is 39.6 Å². The van der Waals surface area contributed by atoms with Crippen LogP contribution in [-0.2, 0) is 0 Å². The number of carbonyl (C=O) groups is 1. The van der Waals surface area contributed by atoms with Crippen LogP contribution in [0.15, 0.2) is 29.2 Å². The van der Waals surface area contributed by atoms with Crippen LogP contribution in [0.3, 0.4) is 0 Å². The lowest BCUT2D eigenvalue weighted by atomic mass is 10.2. The number of rotatable bonds is 2. The molecule has 0 unspecified atom stereocenters. The minimum absolute atomic E-state index is 0.172. The summed E-state index contributed by atoms with van der Waals surface area (Å²) in [6, 6.07) is 5.18. The van der Waals surface area contributed by atoms with Crippen molar-refractivity contribution in [1.29, 1.82) is 0 Å². The van der Waals surface area contributed by atoms with E-state index in [4.69, 9.17) is 16.7 Å². The SMILES string of the molecule is O=C(O)Oc1cn(C2CC2)c2cc(Cl)ccc2c1=O. The summed E-state index contributed by atoms with van der Waals surface area (Å²) in [7, 11) is 0. The number of carboxylic acid groups (broad SMARTS) is 1. The summed E-state index contributed by atoms with van der Waals surface area (Å²) in [5.41, 5.74) is 0.267. The average Bonchev–Trinajstić information content (AvgIpc) is 3.16. The summed E-state index contributed by atoms with van der Waals surface area (Å²) >= 11 is 5.95. The fourth-order valence-corrected chi connectivity index (χ4v) is 2.29. The highest BCUT2D eigenvalue weighted by molar-refractivity contribution is 6.31. The van der Waals surface area contributed by atoms with Crippen molar-refractivity contribution >= 4 is 28.7 Å². The maximum absolute atomic E-state index is 12.1. The molecule has 1 saturated carbocycles. The third kappa shape index (κ3) is 2.17. The number of halogens is 1. The second kappa shape index (κ2) is 4.28. The second-order valence-electron chi connectivity index (χ2n) is 4.49. The van der Waals surface area contributed by atoms with E-state index >= 15 is 0 Å². The Bertz CT molecular complexity index is 733. The molecule has 98 valence electrons. The van der Waals surface area contributed by atoms with Gasteiger partial charge in [0.1, 0.15) is 0 Å². The van der Waals surface area contributed by atoms with Gasteiger partial charge in [-0.1, -0.05) is 11.6 Å². The highest BCUT2D eigenvalue weighted by atomic mass is 35.5. The Labute approximate surface area is 113 Å². The molecule has 1 N–H and O–H groups in total. The zero-order valence-electron chi connectivity index (χ0n) is 9.80. The smallest absolute Gasteiger partial charge is 0.449 e. The lowest BCUT2D eigenvalue weighted by molar-refractivity contribution is 0.143. The summed E-state index contributed by atoms with van der Waals surface area (Å²) in [4.78, 5) is 22.7. The van der Waals surface area contributed by atoms with E-state index in [0.717, 1.165) is 12.8 Å². The first-order chi connectivity index (χ1) is 9.06. The monoisotopic (exact) mass is 279 g/mol. The fraction of sp³-hybridized carbons (Fsp3) is 0.231. The average molecular weight is 280 g/mol. The Hall–Kier alpha value is -2.01. The van der Waals surface area contributed by atoms with E-state index in [0.29, 0.717) is 15.9 Å². The van der Waals surface area contributed by atoms with Gasteiger partial charge in [-0.2, -0.15) is 0 Å². The fourth-order valence-electron chi connectivity index (χ4n) is 2.12. The highest BCUT2D eigenvalue weighted by Gasteiger charge is 2.26. The van der Waals surface area contributed by atoms with Crippen LogP contribution in [-0.4, -0.2) is 15.8 Å². The zero-order valence-corrected chi connectivity index (χ0v) is 10.6. The zero-order chi connectivity index (χ0) is 13.6. The molecule has 6 heteroatoms. The number of ether oxygens (including phenoxy) is 1. The van der Waals surface area contributed by atoms with Gasteiger partial charge < -0.3 is 14.4 Å². The predicted molar refractivity (Wildman–Crippen MR) is 70.1 cm³/mol. The molecule has 1 aliphatic carbocycles. The quantitative estimate of drug-likeness (QED) is 0.858. The molecule has 1 aromatic heterocycles. The number of benzene rings is 1. The van der Waals surface area contributed by atoms with Crippen LogP contribution in [0.4, 0.5) is 4.79 Å². The molecule has 0 saturated heterocycles. The number of aromatic nitrogens is 1. The first-order valence-electron chi connectivity index (χ1n) is 5.81. The van der Waals surface area contributed by atoms with Crippen molar-refractivity contribution in [2.45, 2.75) is 18.9 Å². The summed E-state index contributed by atoms with van der Waals surface area (Å²) in [6.45, 7) is 0. The summed E-state index contributed by atoms with van der Waals surface area (Å²) in [5.74, 6) is -0.172. The molecule has 1 fully saturated rings. The minimum atomic E-state index is -1.49. The van der Waals surface area contributed by atoms with Crippen LogP contribution in [0, 0.1) is 0 Å². The van der Waals surface area contributed by atoms with Crippen molar-refractivity contribution in [3.8, 4) is 5.75 Å². The van der Waals surface area contributed by atoms with Crippen LogP contribution < -0.4 is 10.2 Å². The first-order valence-corrected chi connectivity index (χ1v) is 6.19. The Morgan fingerprint density at radius 1 is 1.42 bits per heavy atom. The normalized spacial score (nSPS) is 14.6. The van der Waals surface area contributed by atoms with Crippen molar-refractivity contribution in [1.82, 2.24) is 4.57 Å². The first kappa shape index (κ1) is 12.0. The molecular weight excluding hydrogens is 270 g/mol. The van der Waals surface area contributed by atoms with Gasteiger partial charge in [0.25, 0.3) is 0 Å². The summed E-state index contributed by atoms with van der Waals surface area (Å²) in [5, 5.41) is 9.61. The van der Waals surface area contributed by atoms with Gasteiger partial charge in [-0.15, -0.1) is 0 Å². The molecule has 0 atom stereocenters. The van der Waals surface area contributed by atoms with Crippen LogP contribution in [0.2, 0.25) is 5.02 Å². The van der Waals surface area contributed by atoms with Gasteiger partial charge in [0, 0.05) is 16.5 Å². The van der Waals surface area contributed by atoms with Gasteiger partial charge in [-0.05, 0) is 31.0 Å². The number of hydrogen-bond donors (Lipinski definition) is 1. The molecule has 0 radical (unpaired) electrons. The maximum Gasteiger partial charge on any atom is 0.511 e. The van der Waals surface area contributed by atoms with E-state index in [9.17, 15) is 9.59 Å². The van der Waals surface area contributed by atoms with Crippen molar-refractivity contribution in [3.63, 3.8) is 0 Å². The summed E-state index contributed by atoms with van der Waals surface area (Å²) < 4.78 is 6.41. The van der Waals surface area contributed by atoms with Crippen LogP contribution in [0.5, 0.6) is 5.75 Å². The van der Waals surface area contributed by atoms with Gasteiger partial charge in [-0.25, -0.2) is 4.79 Å². The Balaban J connectivity index is 2.30. The van der Waals surface area contributed by atoms with Crippen molar-refractivity contribution < 1.29 is 14.6 Å². The Morgan fingerprint density at radius 2 is 2.16 bits per heavy atom. The molecule has 1 aliphatic rings. The van der Waals surface area contributed by atoms with Crippen LogP contribution in [0.25, 0.3) is 10.9 Å². The minimum Gasteiger partial charge on any atom is -0.449 e. The molecule has 0 amide bonds. The van der Waals surface area contributed by atoms with Gasteiger partial charge >= 0.3 is 6.16 Å². The molecule has 0 spiro atoms. The third-order valence-electron chi connectivity index (χ3n) is 3.10. The molecule has 1 heterocycles. The standard InChI is InChI=1S/C13H10ClNO4/c14-7-1-4-9-10(5-7)15(8-2-3-8)6-11(12(9)16)19-13(17)18/h1,4-6,8H,2-3H2,(H,17,18). The molecule has 3 rings (SSSR count). The van der Waals surface area contributed by atoms with Gasteiger partial charge in [0.2, 0.25) is 5.43 Å². The van der Waals surface area contributed by atoms with Gasteiger partial charge in [0.15, 0.2) is 5.75 Å². The third-order valence-corrected chi connectivity index (χ3v) is 3.34. The lowest BCUT2D eigenvalue weighted by Gasteiger charge is -2.12. The molecule has 19 heavy (non-hydrogen) atoms. The van der Waals surface area contributed by atoms with Crippen LogP contribution in [0.1, 0.15) is 18.9 Å². The molecule has 2 aromatic rings. The largest absolute Gasteiger partial charge is 0.511 e. The van der Waals surface area contributed by atoms with Crippen molar-refractivity contribution in [2.24, 2.45) is 0 Å². The Kier molecular flexibility index (Phi) is 2.71. The number of hydrogen-bond acceptors (Lipinski definition) is 3. The molecule has 0 bridgehead atoms. The molecular formula is C13H10ClNO4. The number of pyridine rings is 1. The number of nitrogens with zero attached hydrogens (tertiary/aromatic N) is 1. The van der Waals surface area contributed by atoms with Crippen LogP contribution >= 0.6 is 11.6 Å². The predicted octanol–water partition coefficient (Wildman–Crippen LogP) is 3.05. The highest BCUT2D eigenvalue weighted by Crippen LogP contribution is 2.38. The lowest BCUT2D eigenvalue weighted by Crippen LogP contribution is -2.16. The number of fused-ring (bicyclic) bond motifs is 1. The second-order valence-corrected chi connectivity index (χ2v) is 4.93. The van der Waals surface area contributed by atoms with Gasteiger partial charge in [0.05, 0.1) is 11.7 Å². The van der Waals surface area contributed by atoms with E-state index in [-0.39, 0.29) is 11.8 Å². The van der Waals surface area contributed by atoms with Gasteiger partial charge in [-0.3, -0.25) is 4.79 Å². The molecule has 1 aromatic carbocycles. The molecule has 0 aliphatic heterocycles. The Morgan fingerprint density at radius 3 is 2.79 bits per heavy atom.